The maximum absolute atomic E-state index is 9.81. The third kappa shape index (κ3) is 3.28. The normalized spacial score (nSPS) is 14.0. The monoisotopic (exact) mass is 389 g/mol. The van der Waals surface area contributed by atoms with E-state index in [1.165, 1.54) is 0 Å². The summed E-state index contributed by atoms with van der Waals surface area (Å²) >= 11 is 7.56. The molecule has 1 aliphatic heterocycles. The number of benzene rings is 2. The van der Waals surface area contributed by atoms with Crippen molar-refractivity contribution in [2.24, 2.45) is 0 Å². The lowest BCUT2D eigenvalue weighted by atomic mass is 10.0. The molecule has 5 heteroatoms. The Labute approximate surface area is 167 Å². The Kier molecular flexibility index (Phi) is 4.57. The second-order valence-electron chi connectivity index (χ2n) is 6.31. The summed E-state index contributed by atoms with van der Waals surface area (Å²) < 4.78 is 1.08. The molecule has 0 unspecified atom stereocenters. The van der Waals surface area contributed by atoms with Gasteiger partial charge in [0.25, 0.3) is 0 Å². The molecule has 27 heavy (non-hydrogen) atoms. The molecule has 0 saturated carbocycles. The quantitative estimate of drug-likeness (QED) is 0.466. The van der Waals surface area contributed by atoms with Crippen LogP contribution in [0, 0.1) is 11.3 Å². The number of nitrogens with zero attached hydrogens (tertiary/aromatic N) is 3. The molecular weight excluding hydrogens is 374 g/mol. The molecule has 3 aromatic rings. The minimum absolute atomic E-state index is 0.602. The summed E-state index contributed by atoms with van der Waals surface area (Å²) in [5.74, 6) is 0. The van der Waals surface area contributed by atoms with Crippen molar-refractivity contribution < 1.29 is 0 Å². The van der Waals surface area contributed by atoms with E-state index >= 15 is 0 Å². The second kappa shape index (κ2) is 7.03. The Morgan fingerprint density at radius 3 is 2.33 bits per heavy atom. The fraction of sp³-hybridized carbons (Fsp3) is 0.0909. The average Bonchev–Trinajstić information content (AvgIpc) is 3.07. The van der Waals surface area contributed by atoms with Gasteiger partial charge in [0.15, 0.2) is 0 Å². The number of allylic oxidation sites excluding steroid dienone is 6. The topological polar surface area (TPSA) is 39.9 Å². The predicted molar refractivity (Wildman–Crippen MR) is 114 cm³/mol. The summed E-state index contributed by atoms with van der Waals surface area (Å²) in [6, 6.07) is 18.0. The van der Waals surface area contributed by atoms with Gasteiger partial charge >= 0.3 is 0 Å². The number of aromatic nitrogens is 1. The maximum atomic E-state index is 9.81. The molecule has 2 heterocycles. The molecule has 1 aliphatic rings. The van der Waals surface area contributed by atoms with Crippen molar-refractivity contribution in [3.8, 4) is 6.07 Å². The molecule has 0 saturated heterocycles. The highest BCUT2D eigenvalue weighted by molar-refractivity contribution is 7.19. The van der Waals surface area contributed by atoms with Crippen LogP contribution in [0.3, 0.4) is 0 Å². The van der Waals surface area contributed by atoms with Crippen molar-refractivity contribution in [1.82, 2.24) is 4.98 Å². The van der Waals surface area contributed by atoms with E-state index < -0.39 is 0 Å². The minimum Gasteiger partial charge on any atom is -0.318 e. The number of thiazole rings is 1. The summed E-state index contributed by atoms with van der Waals surface area (Å²) in [5.41, 5.74) is 5.54. The smallest absolute Gasteiger partial charge is 0.135 e. The van der Waals surface area contributed by atoms with Gasteiger partial charge in [-0.2, -0.15) is 5.26 Å². The largest absolute Gasteiger partial charge is 0.318 e. The Bertz CT molecular complexity index is 1110. The summed E-state index contributed by atoms with van der Waals surface area (Å²) in [6.07, 6.45) is 4.07. The van der Waals surface area contributed by atoms with Crippen LogP contribution in [-0.4, -0.2) is 4.98 Å². The van der Waals surface area contributed by atoms with E-state index in [1.54, 1.807) is 11.3 Å². The van der Waals surface area contributed by atoms with Gasteiger partial charge in [-0.25, -0.2) is 4.98 Å². The highest BCUT2D eigenvalue weighted by Crippen LogP contribution is 2.35. The van der Waals surface area contributed by atoms with Gasteiger partial charge in [0, 0.05) is 22.1 Å². The van der Waals surface area contributed by atoms with Crippen molar-refractivity contribution in [1.29, 1.82) is 5.26 Å². The zero-order valence-corrected chi connectivity index (χ0v) is 16.5. The molecule has 0 N–H and O–H groups in total. The summed E-state index contributed by atoms with van der Waals surface area (Å²) in [5, 5.41) is 11.3. The second-order valence-corrected chi connectivity index (χ2v) is 7.78. The first kappa shape index (κ1) is 17.5. The maximum Gasteiger partial charge on any atom is 0.135 e. The number of hydrogen-bond acceptors (Lipinski definition) is 4. The fourth-order valence-electron chi connectivity index (χ4n) is 3.26. The predicted octanol–water partition coefficient (Wildman–Crippen LogP) is 6.55. The molecule has 0 atom stereocenters. The molecule has 3 nitrogen and oxygen atoms in total. The number of halogens is 1. The molecule has 0 spiro atoms. The van der Waals surface area contributed by atoms with Gasteiger partial charge in [0.1, 0.15) is 11.1 Å². The lowest BCUT2D eigenvalue weighted by molar-refractivity contribution is 1.04. The van der Waals surface area contributed by atoms with Gasteiger partial charge in [-0.05, 0) is 68.0 Å². The number of nitriles is 1. The van der Waals surface area contributed by atoms with Gasteiger partial charge in [-0.15, -0.1) is 11.3 Å². The van der Waals surface area contributed by atoms with E-state index in [2.05, 4.69) is 16.0 Å². The first-order chi connectivity index (χ1) is 13.1. The first-order valence-electron chi connectivity index (χ1n) is 8.49. The van der Waals surface area contributed by atoms with Crippen LogP contribution in [0.2, 0.25) is 5.02 Å². The van der Waals surface area contributed by atoms with Gasteiger partial charge in [0.05, 0.1) is 15.8 Å². The van der Waals surface area contributed by atoms with Crippen molar-refractivity contribution in [2.45, 2.75) is 13.8 Å². The molecule has 0 bridgehead atoms. The third-order valence-electron chi connectivity index (χ3n) is 4.43. The third-order valence-corrected chi connectivity index (χ3v) is 5.73. The lowest BCUT2D eigenvalue weighted by Gasteiger charge is -2.30. The number of rotatable bonds is 2. The summed E-state index contributed by atoms with van der Waals surface area (Å²) in [4.78, 5) is 6.79. The fourth-order valence-corrected chi connectivity index (χ4v) is 4.36. The van der Waals surface area contributed by atoms with Crippen molar-refractivity contribution in [2.75, 3.05) is 4.90 Å². The summed E-state index contributed by atoms with van der Waals surface area (Å²) in [6.45, 7) is 4.08. The highest BCUT2D eigenvalue weighted by Gasteiger charge is 2.19. The van der Waals surface area contributed by atoms with E-state index in [4.69, 9.17) is 11.6 Å². The molecule has 0 aliphatic carbocycles. The van der Waals surface area contributed by atoms with E-state index in [0.717, 1.165) is 37.9 Å². The van der Waals surface area contributed by atoms with Crippen LogP contribution in [0.5, 0.6) is 0 Å². The Hall–Kier alpha value is -2.87. The van der Waals surface area contributed by atoms with Crippen molar-refractivity contribution in [3.05, 3.63) is 87.7 Å². The van der Waals surface area contributed by atoms with Crippen LogP contribution < -0.4 is 4.90 Å². The molecule has 0 radical (unpaired) electrons. The molecule has 2 aromatic carbocycles. The molecule has 132 valence electrons. The minimum atomic E-state index is 0.602. The van der Waals surface area contributed by atoms with E-state index in [-0.39, 0.29) is 0 Å². The molecular formula is C22H16ClN3S. The Balaban J connectivity index is 1.79. The van der Waals surface area contributed by atoms with Crippen LogP contribution in [0.4, 0.5) is 5.69 Å². The van der Waals surface area contributed by atoms with Gasteiger partial charge in [-0.3, -0.25) is 0 Å². The molecule has 0 amide bonds. The Morgan fingerprint density at radius 2 is 1.70 bits per heavy atom. The van der Waals surface area contributed by atoms with Gasteiger partial charge in [-0.1, -0.05) is 23.7 Å². The SMILES string of the molecule is CC1=CC(=C(C#N)c2nc3ccccc3s2)C=C(C)N1c1ccc(Cl)cc1. The van der Waals surface area contributed by atoms with Crippen LogP contribution >= 0.6 is 22.9 Å². The molecule has 4 rings (SSSR count). The summed E-state index contributed by atoms with van der Waals surface area (Å²) in [7, 11) is 0. The first-order valence-corrected chi connectivity index (χ1v) is 9.69. The van der Waals surface area contributed by atoms with E-state index in [1.807, 2.05) is 74.5 Å². The van der Waals surface area contributed by atoms with Gasteiger partial charge < -0.3 is 4.90 Å². The Morgan fingerprint density at radius 1 is 1.04 bits per heavy atom. The lowest BCUT2D eigenvalue weighted by Crippen LogP contribution is -2.21. The number of anilines is 1. The zero-order valence-electron chi connectivity index (χ0n) is 14.9. The number of fused-ring (bicyclic) bond motifs is 1. The van der Waals surface area contributed by atoms with Crippen LogP contribution in [0.15, 0.2) is 77.7 Å². The van der Waals surface area contributed by atoms with E-state index in [0.29, 0.717) is 10.6 Å². The van der Waals surface area contributed by atoms with Gasteiger partial charge in [0.2, 0.25) is 0 Å². The van der Waals surface area contributed by atoms with E-state index in [9.17, 15) is 5.26 Å². The van der Waals surface area contributed by atoms with Crippen LogP contribution in [0.25, 0.3) is 15.8 Å². The number of hydrogen-bond donors (Lipinski definition) is 0. The van der Waals surface area contributed by atoms with Crippen molar-refractivity contribution >= 4 is 44.4 Å². The zero-order chi connectivity index (χ0) is 19.0. The van der Waals surface area contributed by atoms with Crippen LogP contribution in [-0.2, 0) is 0 Å². The average molecular weight is 390 g/mol. The van der Waals surface area contributed by atoms with Crippen molar-refractivity contribution in [3.63, 3.8) is 0 Å². The highest BCUT2D eigenvalue weighted by atomic mass is 35.5. The molecule has 1 aromatic heterocycles. The standard InChI is InChI=1S/C22H16ClN3S/c1-14-11-16(12-15(2)26(14)18-9-7-17(23)8-10-18)19(13-24)22-25-20-5-3-4-6-21(20)27-22/h3-12H,1-2H3. The number of para-hydroxylation sites is 1. The molecule has 0 fully saturated rings. The van der Waals surface area contributed by atoms with Crippen LogP contribution in [0.1, 0.15) is 18.9 Å².